The second-order valence-electron chi connectivity index (χ2n) is 5.95. The topological polar surface area (TPSA) is 47.7 Å². The van der Waals surface area contributed by atoms with E-state index in [9.17, 15) is 0 Å². The number of anilines is 1. The summed E-state index contributed by atoms with van der Waals surface area (Å²) in [4.78, 5) is 2.47. The zero-order valence-corrected chi connectivity index (χ0v) is 13.8. The van der Waals surface area contributed by atoms with Gasteiger partial charge in [-0.05, 0) is 47.7 Å². The Bertz CT molecular complexity index is 685. The van der Waals surface area contributed by atoms with E-state index in [1.807, 2.05) is 18.2 Å². The summed E-state index contributed by atoms with van der Waals surface area (Å²) in [5, 5.41) is 0. The van der Waals surface area contributed by atoms with Gasteiger partial charge in [0.15, 0.2) is 11.5 Å². The molecular formula is C19H24N2O2. The molecule has 0 saturated heterocycles. The van der Waals surface area contributed by atoms with Crippen LogP contribution < -0.4 is 15.2 Å². The fourth-order valence-corrected chi connectivity index (χ4v) is 3.17. The van der Waals surface area contributed by atoms with Gasteiger partial charge in [0.1, 0.15) is 0 Å². The standard InChI is InChI=1S/C19H24N2O2/c1-22-18-11-15-8-10-21(13-16(15)12-19(18)23-2)9-7-14-5-3-4-6-17(14)20/h3-6,11-12H,7-10,13,20H2,1-2H3. The first kappa shape index (κ1) is 15.7. The molecule has 2 aromatic rings. The number of fused-ring (bicyclic) bond motifs is 1. The van der Waals surface area contributed by atoms with Crippen LogP contribution in [0.4, 0.5) is 5.69 Å². The van der Waals surface area contributed by atoms with Crippen LogP contribution in [0.25, 0.3) is 0 Å². The number of ether oxygens (including phenoxy) is 2. The number of hydrogen-bond acceptors (Lipinski definition) is 4. The molecule has 2 aromatic carbocycles. The van der Waals surface area contributed by atoms with Crippen LogP contribution in [0.1, 0.15) is 16.7 Å². The predicted molar refractivity (Wildman–Crippen MR) is 93.1 cm³/mol. The molecule has 0 aliphatic carbocycles. The molecule has 0 bridgehead atoms. The number of hydrogen-bond donors (Lipinski definition) is 1. The van der Waals surface area contributed by atoms with Crippen molar-refractivity contribution in [3.05, 3.63) is 53.1 Å². The third-order valence-electron chi connectivity index (χ3n) is 4.55. The van der Waals surface area contributed by atoms with Crippen LogP contribution in [0, 0.1) is 0 Å². The molecule has 0 radical (unpaired) electrons. The van der Waals surface area contributed by atoms with Crippen molar-refractivity contribution in [1.29, 1.82) is 0 Å². The van der Waals surface area contributed by atoms with Crippen LogP contribution in [-0.4, -0.2) is 32.2 Å². The lowest BCUT2D eigenvalue weighted by molar-refractivity contribution is 0.256. The number of rotatable bonds is 5. The molecular weight excluding hydrogens is 288 g/mol. The van der Waals surface area contributed by atoms with E-state index in [1.165, 1.54) is 16.7 Å². The zero-order chi connectivity index (χ0) is 16.2. The van der Waals surface area contributed by atoms with Crippen LogP contribution in [0.15, 0.2) is 36.4 Å². The highest BCUT2D eigenvalue weighted by Gasteiger charge is 2.19. The van der Waals surface area contributed by atoms with Gasteiger partial charge >= 0.3 is 0 Å². The lowest BCUT2D eigenvalue weighted by atomic mass is 9.98. The maximum atomic E-state index is 6.03. The van der Waals surface area contributed by atoms with E-state index in [-0.39, 0.29) is 0 Å². The molecule has 0 atom stereocenters. The second-order valence-corrected chi connectivity index (χ2v) is 5.95. The molecule has 0 saturated carbocycles. The smallest absolute Gasteiger partial charge is 0.161 e. The highest BCUT2D eigenvalue weighted by molar-refractivity contribution is 5.48. The normalized spacial score (nSPS) is 14.3. The van der Waals surface area contributed by atoms with E-state index < -0.39 is 0 Å². The van der Waals surface area contributed by atoms with E-state index in [2.05, 4.69) is 23.1 Å². The highest BCUT2D eigenvalue weighted by Crippen LogP contribution is 2.33. The van der Waals surface area contributed by atoms with Crippen molar-refractivity contribution >= 4 is 5.69 Å². The van der Waals surface area contributed by atoms with Crippen molar-refractivity contribution < 1.29 is 9.47 Å². The Hall–Kier alpha value is -2.20. The van der Waals surface area contributed by atoms with Crippen molar-refractivity contribution in [2.45, 2.75) is 19.4 Å². The Morgan fingerprint density at radius 3 is 2.43 bits per heavy atom. The molecule has 23 heavy (non-hydrogen) atoms. The van der Waals surface area contributed by atoms with Gasteiger partial charge in [-0.1, -0.05) is 18.2 Å². The largest absolute Gasteiger partial charge is 0.493 e. The Morgan fingerprint density at radius 2 is 1.74 bits per heavy atom. The highest BCUT2D eigenvalue weighted by atomic mass is 16.5. The summed E-state index contributed by atoms with van der Waals surface area (Å²) in [5.74, 6) is 1.62. The molecule has 1 aliphatic rings. The van der Waals surface area contributed by atoms with Gasteiger partial charge in [0.25, 0.3) is 0 Å². The summed E-state index contributed by atoms with van der Waals surface area (Å²) in [7, 11) is 3.37. The van der Waals surface area contributed by atoms with Crippen molar-refractivity contribution in [3.8, 4) is 11.5 Å². The lowest BCUT2D eigenvalue weighted by Gasteiger charge is -2.29. The monoisotopic (exact) mass is 312 g/mol. The van der Waals surface area contributed by atoms with Crippen LogP contribution >= 0.6 is 0 Å². The minimum atomic E-state index is 0.806. The van der Waals surface area contributed by atoms with E-state index in [1.54, 1.807) is 14.2 Å². The molecule has 0 fully saturated rings. The van der Waals surface area contributed by atoms with Gasteiger partial charge in [-0.25, -0.2) is 0 Å². The fraction of sp³-hybridized carbons (Fsp3) is 0.368. The fourth-order valence-electron chi connectivity index (χ4n) is 3.17. The van der Waals surface area contributed by atoms with E-state index >= 15 is 0 Å². The molecule has 0 aromatic heterocycles. The maximum Gasteiger partial charge on any atom is 0.161 e. The van der Waals surface area contributed by atoms with E-state index in [0.717, 1.165) is 49.7 Å². The van der Waals surface area contributed by atoms with Gasteiger partial charge < -0.3 is 15.2 Å². The summed E-state index contributed by atoms with van der Waals surface area (Å²) in [6, 6.07) is 12.3. The van der Waals surface area contributed by atoms with Crippen LogP contribution in [0.2, 0.25) is 0 Å². The Balaban J connectivity index is 1.69. The molecule has 1 heterocycles. The Labute approximate surface area is 137 Å². The first-order valence-electron chi connectivity index (χ1n) is 8.00. The number of benzene rings is 2. The zero-order valence-electron chi connectivity index (χ0n) is 13.8. The first-order chi connectivity index (χ1) is 11.2. The SMILES string of the molecule is COc1cc2c(cc1OC)CN(CCc1ccccc1N)CC2. The van der Waals surface area contributed by atoms with Crippen molar-refractivity contribution in [2.75, 3.05) is 33.0 Å². The molecule has 0 spiro atoms. The number of para-hydroxylation sites is 1. The number of nitrogens with zero attached hydrogens (tertiary/aromatic N) is 1. The molecule has 0 amide bonds. The van der Waals surface area contributed by atoms with Gasteiger partial charge in [-0.15, -0.1) is 0 Å². The van der Waals surface area contributed by atoms with Crippen LogP contribution in [-0.2, 0) is 19.4 Å². The van der Waals surface area contributed by atoms with Gasteiger partial charge in [0, 0.05) is 25.3 Å². The second kappa shape index (κ2) is 6.92. The molecule has 122 valence electrons. The van der Waals surface area contributed by atoms with Crippen LogP contribution in [0.3, 0.4) is 0 Å². The summed E-state index contributed by atoms with van der Waals surface area (Å²) in [5.41, 5.74) is 10.8. The summed E-state index contributed by atoms with van der Waals surface area (Å²) >= 11 is 0. The molecule has 0 unspecified atom stereocenters. The Kier molecular flexibility index (Phi) is 4.72. The van der Waals surface area contributed by atoms with Crippen molar-refractivity contribution in [1.82, 2.24) is 4.90 Å². The maximum absolute atomic E-state index is 6.03. The minimum Gasteiger partial charge on any atom is -0.493 e. The summed E-state index contributed by atoms with van der Waals surface area (Å²) in [6.45, 7) is 3.03. The predicted octanol–water partition coefficient (Wildman–Crippen LogP) is 2.89. The van der Waals surface area contributed by atoms with Gasteiger partial charge in [0.2, 0.25) is 0 Å². The Morgan fingerprint density at radius 1 is 1.04 bits per heavy atom. The average molecular weight is 312 g/mol. The molecule has 4 nitrogen and oxygen atoms in total. The average Bonchev–Trinajstić information content (AvgIpc) is 2.59. The number of nitrogen functional groups attached to an aromatic ring is 1. The van der Waals surface area contributed by atoms with Crippen molar-refractivity contribution in [2.24, 2.45) is 0 Å². The van der Waals surface area contributed by atoms with Crippen LogP contribution in [0.5, 0.6) is 11.5 Å². The summed E-state index contributed by atoms with van der Waals surface area (Å²) < 4.78 is 10.8. The molecule has 3 rings (SSSR count). The van der Waals surface area contributed by atoms with E-state index in [4.69, 9.17) is 15.2 Å². The molecule has 2 N–H and O–H groups in total. The first-order valence-corrected chi connectivity index (χ1v) is 8.00. The van der Waals surface area contributed by atoms with Gasteiger partial charge in [0.05, 0.1) is 14.2 Å². The third-order valence-corrected chi connectivity index (χ3v) is 4.55. The minimum absolute atomic E-state index is 0.806. The summed E-state index contributed by atoms with van der Waals surface area (Å²) in [6.07, 6.45) is 2.02. The van der Waals surface area contributed by atoms with Gasteiger partial charge in [-0.3, -0.25) is 4.90 Å². The quantitative estimate of drug-likeness (QED) is 0.863. The molecule has 4 heteroatoms. The van der Waals surface area contributed by atoms with Gasteiger partial charge in [-0.2, -0.15) is 0 Å². The number of nitrogens with two attached hydrogens (primary N) is 1. The lowest BCUT2D eigenvalue weighted by Crippen LogP contribution is -2.32. The van der Waals surface area contributed by atoms with Crippen molar-refractivity contribution in [3.63, 3.8) is 0 Å². The number of methoxy groups -OCH3 is 2. The van der Waals surface area contributed by atoms with E-state index in [0.29, 0.717) is 0 Å². The third kappa shape index (κ3) is 3.42. The molecule has 1 aliphatic heterocycles.